The van der Waals surface area contributed by atoms with Crippen LogP contribution in [0.3, 0.4) is 0 Å². The molecular weight excluding hydrogens is 439 g/mol. The van der Waals surface area contributed by atoms with E-state index >= 15 is 0 Å². The van der Waals surface area contributed by atoms with Crippen LogP contribution in [0, 0.1) is 3.57 Å². The van der Waals surface area contributed by atoms with E-state index in [0.717, 1.165) is 9.13 Å². The van der Waals surface area contributed by atoms with E-state index in [1.165, 1.54) is 0 Å². The third kappa shape index (κ3) is 4.70. The maximum absolute atomic E-state index is 12.9. The SMILES string of the molecule is O=C(NC(C(=O)Nc1cccc(I)c1)c1ccccc1)c1ccccc1. The molecule has 0 aromatic heterocycles. The summed E-state index contributed by atoms with van der Waals surface area (Å²) >= 11 is 2.19. The van der Waals surface area contributed by atoms with Crippen LogP contribution in [0.4, 0.5) is 5.69 Å². The van der Waals surface area contributed by atoms with Gasteiger partial charge in [-0.2, -0.15) is 0 Å². The van der Waals surface area contributed by atoms with Gasteiger partial charge in [-0.05, 0) is 58.5 Å². The Bertz CT molecular complexity index is 898. The first-order valence-electron chi connectivity index (χ1n) is 8.11. The van der Waals surface area contributed by atoms with Crippen molar-refractivity contribution in [2.45, 2.75) is 6.04 Å². The third-order valence-corrected chi connectivity index (χ3v) is 4.47. The number of rotatable bonds is 5. The van der Waals surface area contributed by atoms with Crippen molar-refractivity contribution in [3.8, 4) is 0 Å². The fraction of sp³-hybridized carbons (Fsp3) is 0.0476. The van der Waals surface area contributed by atoms with E-state index in [2.05, 4.69) is 33.2 Å². The number of hydrogen-bond donors (Lipinski definition) is 2. The molecule has 3 aromatic carbocycles. The Labute approximate surface area is 165 Å². The summed E-state index contributed by atoms with van der Waals surface area (Å²) in [5.41, 5.74) is 1.92. The van der Waals surface area contributed by atoms with Gasteiger partial charge in [0.25, 0.3) is 11.8 Å². The number of halogens is 1. The highest BCUT2D eigenvalue weighted by Gasteiger charge is 2.23. The number of nitrogens with one attached hydrogen (secondary N) is 2. The summed E-state index contributed by atoms with van der Waals surface area (Å²) in [6, 6.07) is 24.8. The number of benzene rings is 3. The summed E-state index contributed by atoms with van der Waals surface area (Å²) < 4.78 is 1.02. The molecular formula is C21H17IN2O2. The Kier molecular flexibility index (Phi) is 6.01. The summed E-state index contributed by atoms with van der Waals surface area (Å²) in [5, 5.41) is 5.71. The van der Waals surface area contributed by atoms with Crippen LogP contribution in [0.5, 0.6) is 0 Å². The first kappa shape index (κ1) is 18.1. The van der Waals surface area contributed by atoms with Gasteiger partial charge >= 0.3 is 0 Å². The Morgan fingerprint density at radius 3 is 2.12 bits per heavy atom. The molecule has 0 saturated heterocycles. The van der Waals surface area contributed by atoms with Gasteiger partial charge in [-0.3, -0.25) is 9.59 Å². The lowest BCUT2D eigenvalue weighted by atomic mass is 10.1. The minimum absolute atomic E-state index is 0.289. The van der Waals surface area contributed by atoms with E-state index in [1.54, 1.807) is 24.3 Å². The van der Waals surface area contributed by atoms with Crippen LogP contribution in [-0.2, 0) is 4.79 Å². The second kappa shape index (κ2) is 8.62. The maximum Gasteiger partial charge on any atom is 0.252 e. The van der Waals surface area contributed by atoms with E-state index in [0.29, 0.717) is 11.3 Å². The Morgan fingerprint density at radius 2 is 1.46 bits per heavy atom. The molecule has 130 valence electrons. The zero-order valence-electron chi connectivity index (χ0n) is 13.9. The van der Waals surface area contributed by atoms with Crippen LogP contribution >= 0.6 is 22.6 Å². The topological polar surface area (TPSA) is 58.2 Å². The van der Waals surface area contributed by atoms with E-state index in [1.807, 2.05) is 60.7 Å². The summed E-state index contributed by atoms with van der Waals surface area (Å²) in [6.45, 7) is 0. The standard InChI is InChI=1S/C21H17IN2O2/c22-17-12-7-13-18(14-17)23-21(26)19(15-8-3-1-4-9-15)24-20(25)16-10-5-2-6-11-16/h1-14,19H,(H,23,26)(H,24,25). The predicted octanol–water partition coefficient (Wildman–Crippen LogP) is 4.40. The second-order valence-corrected chi connectivity index (χ2v) is 6.93. The highest BCUT2D eigenvalue weighted by molar-refractivity contribution is 14.1. The lowest BCUT2D eigenvalue weighted by molar-refractivity contribution is -0.118. The van der Waals surface area contributed by atoms with Crippen molar-refractivity contribution in [2.75, 3.05) is 5.32 Å². The van der Waals surface area contributed by atoms with Crippen molar-refractivity contribution >= 4 is 40.1 Å². The highest BCUT2D eigenvalue weighted by Crippen LogP contribution is 2.18. The molecule has 2 amide bonds. The monoisotopic (exact) mass is 456 g/mol. The molecule has 0 spiro atoms. The zero-order chi connectivity index (χ0) is 18.4. The molecule has 4 nitrogen and oxygen atoms in total. The van der Waals surface area contributed by atoms with Crippen LogP contribution in [-0.4, -0.2) is 11.8 Å². The molecule has 26 heavy (non-hydrogen) atoms. The molecule has 0 aliphatic heterocycles. The summed E-state index contributed by atoms with van der Waals surface area (Å²) in [7, 11) is 0. The molecule has 0 bridgehead atoms. The van der Waals surface area contributed by atoms with Crippen LogP contribution in [0.2, 0.25) is 0 Å². The number of carbonyl (C=O) groups is 2. The molecule has 1 atom stereocenters. The summed E-state index contributed by atoms with van der Waals surface area (Å²) in [4.78, 5) is 25.4. The fourth-order valence-electron chi connectivity index (χ4n) is 2.53. The molecule has 3 aromatic rings. The molecule has 0 aliphatic rings. The highest BCUT2D eigenvalue weighted by atomic mass is 127. The van der Waals surface area contributed by atoms with Crippen molar-refractivity contribution in [1.29, 1.82) is 0 Å². The van der Waals surface area contributed by atoms with Gasteiger partial charge in [0.1, 0.15) is 6.04 Å². The molecule has 1 unspecified atom stereocenters. The third-order valence-electron chi connectivity index (χ3n) is 3.80. The normalized spacial score (nSPS) is 11.4. The van der Waals surface area contributed by atoms with E-state index in [4.69, 9.17) is 0 Å². The largest absolute Gasteiger partial charge is 0.336 e. The van der Waals surface area contributed by atoms with Crippen molar-refractivity contribution < 1.29 is 9.59 Å². The molecule has 2 N–H and O–H groups in total. The second-order valence-electron chi connectivity index (χ2n) is 5.68. The van der Waals surface area contributed by atoms with Gasteiger partial charge in [-0.15, -0.1) is 0 Å². The van der Waals surface area contributed by atoms with Crippen LogP contribution < -0.4 is 10.6 Å². The van der Waals surface area contributed by atoms with Crippen LogP contribution in [0.1, 0.15) is 22.0 Å². The number of anilines is 1. The van der Waals surface area contributed by atoms with E-state index in [9.17, 15) is 9.59 Å². The quantitative estimate of drug-likeness (QED) is 0.560. The fourth-order valence-corrected chi connectivity index (χ4v) is 3.07. The van der Waals surface area contributed by atoms with Gasteiger partial charge in [0, 0.05) is 14.8 Å². The minimum atomic E-state index is -0.790. The van der Waals surface area contributed by atoms with Crippen molar-refractivity contribution in [3.63, 3.8) is 0 Å². The average Bonchev–Trinajstić information content (AvgIpc) is 2.67. The zero-order valence-corrected chi connectivity index (χ0v) is 16.0. The number of carbonyl (C=O) groups excluding carboxylic acids is 2. The van der Waals surface area contributed by atoms with Gasteiger partial charge in [0.15, 0.2) is 0 Å². The summed E-state index contributed by atoms with van der Waals surface area (Å²) in [6.07, 6.45) is 0. The predicted molar refractivity (Wildman–Crippen MR) is 111 cm³/mol. The maximum atomic E-state index is 12.9. The first-order chi connectivity index (χ1) is 12.6. The van der Waals surface area contributed by atoms with Gasteiger partial charge in [-0.25, -0.2) is 0 Å². The van der Waals surface area contributed by atoms with Crippen LogP contribution in [0.25, 0.3) is 0 Å². The summed E-state index contributed by atoms with van der Waals surface area (Å²) in [5.74, 6) is -0.584. The molecule has 3 rings (SSSR count). The smallest absolute Gasteiger partial charge is 0.252 e. The lowest BCUT2D eigenvalue weighted by Crippen LogP contribution is -2.37. The lowest BCUT2D eigenvalue weighted by Gasteiger charge is -2.19. The first-order valence-corrected chi connectivity index (χ1v) is 9.18. The average molecular weight is 456 g/mol. The molecule has 0 fully saturated rings. The minimum Gasteiger partial charge on any atom is -0.336 e. The Hall–Kier alpha value is -2.67. The number of hydrogen-bond acceptors (Lipinski definition) is 2. The van der Waals surface area contributed by atoms with E-state index < -0.39 is 6.04 Å². The molecule has 0 saturated carbocycles. The van der Waals surface area contributed by atoms with Crippen molar-refractivity contribution in [2.24, 2.45) is 0 Å². The van der Waals surface area contributed by atoms with Crippen molar-refractivity contribution in [3.05, 3.63) is 99.6 Å². The molecule has 0 heterocycles. The Balaban J connectivity index is 1.84. The van der Waals surface area contributed by atoms with Crippen molar-refractivity contribution in [1.82, 2.24) is 5.32 Å². The number of amides is 2. The van der Waals surface area contributed by atoms with Crippen LogP contribution in [0.15, 0.2) is 84.9 Å². The van der Waals surface area contributed by atoms with Gasteiger partial charge in [0.05, 0.1) is 0 Å². The van der Waals surface area contributed by atoms with Gasteiger partial charge in [-0.1, -0.05) is 54.6 Å². The van der Waals surface area contributed by atoms with Gasteiger partial charge in [0.2, 0.25) is 0 Å². The Morgan fingerprint density at radius 1 is 0.808 bits per heavy atom. The molecule has 0 radical (unpaired) electrons. The van der Waals surface area contributed by atoms with Gasteiger partial charge < -0.3 is 10.6 Å². The molecule has 5 heteroatoms. The van der Waals surface area contributed by atoms with E-state index in [-0.39, 0.29) is 11.8 Å². The molecule has 0 aliphatic carbocycles.